The molecule has 1 saturated heterocycles. The molecule has 0 spiro atoms. The molecule has 3 rings (SSSR count). The van der Waals surface area contributed by atoms with Crippen molar-refractivity contribution >= 4 is 24.0 Å². The Morgan fingerprint density at radius 2 is 1.96 bits per heavy atom. The molecule has 0 aliphatic carbocycles. The van der Waals surface area contributed by atoms with Crippen LogP contribution in [0.2, 0.25) is 0 Å². The second kappa shape index (κ2) is 9.53. The Balaban J connectivity index is 0.00000261. The first-order valence-corrected chi connectivity index (χ1v) is 8.91. The molecule has 0 bridgehead atoms. The van der Waals surface area contributed by atoms with Crippen molar-refractivity contribution < 1.29 is 4.79 Å². The van der Waals surface area contributed by atoms with Gasteiger partial charge in [0.15, 0.2) is 0 Å². The first kappa shape index (κ1) is 20.9. The Morgan fingerprint density at radius 1 is 1.30 bits per heavy atom. The Bertz CT molecular complexity index is 803. The summed E-state index contributed by atoms with van der Waals surface area (Å²) in [6, 6.07) is 10.4. The molecule has 146 valence electrons. The summed E-state index contributed by atoms with van der Waals surface area (Å²) in [5, 5.41) is 7.05. The molecule has 8 heteroatoms. The molecule has 1 aliphatic rings. The molecule has 1 amide bonds. The van der Waals surface area contributed by atoms with E-state index in [1.807, 2.05) is 30.3 Å². The van der Waals surface area contributed by atoms with Crippen molar-refractivity contribution in [1.82, 2.24) is 15.1 Å². The van der Waals surface area contributed by atoms with Crippen LogP contribution in [0.25, 0.3) is 0 Å². The van der Waals surface area contributed by atoms with Gasteiger partial charge in [-0.15, -0.1) is 12.4 Å². The molecular formula is C19H26ClN5O2. The third kappa shape index (κ3) is 5.30. The normalized spacial score (nSPS) is 15.7. The van der Waals surface area contributed by atoms with Crippen LogP contribution in [0.15, 0.2) is 47.4 Å². The Morgan fingerprint density at radius 3 is 2.59 bits per heavy atom. The van der Waals surface area contributed by atoms with Gasteiger partial charge in [-0.1, -0.05) is 30.3 Å². The summed E-state index contributed by atoms with van der Waals surface area (Å²) < 4.78 is 1.32. The van der Waals surface area contributed by atoms with Crippen molar-refractivity contribution in [3.8, 4) is 0 Å². The van der Waals surface area contributed by atoms with Gasteiger partial charge in [-0.25, -0.2) is 4.68 Å². The molecule has 0 unspecified atom stereocenters. The third-order valence-corrected chi connectivity index (χ3v) is 4.94. The van der Waals surface area contributed by atoms with Gasteiger partial charge in [0.05, 0.1) is 11.9 Å². The summed E-state index contributed by atoms with van der Waals surface area (Å²) in [5.74, 6) is 0.270. The number of hydrogen-bond acceptors (Lipinski definition) is 5. The average Bonchev–Trinajstić information content (AvgIpc) is 2.68. The molecule has 7 nitrogen and oxygen atoms in total. The maximum atomic E-state index is 12.2. The SMILES string of the molecule is Cl.Cn1ncc(N2CCC(CNC(=O)[C@@H](N)c3ccccc3)CC2)cc1=O. The fraction of sp³-hybridized carbons (Fsp3) is 0.421. The minimum Gasteiger partial charge on any atom is -0.370 e. The van der Waals surface area contributed by atoms with Crippen LogP contribution in [0.5, 0.6) is 0 Å². The Hall–Kier alpha value is -2.38. The van der Waals surface area contributed by atoms with Gasteiger partial charge in [-0.3, -0.25) is 9.59 Å². The number of nitrogens with one attached hydrogen (secondary N) is 1. The van der Waals surface area contributed by atoms with Crippen LogP contribution in [-0.2, 0) is 11.8 Å². The fourth-order valence-electron chi connectivity index (χ4n) is 3.19. The van der Waals surface area contributed by atoms with Gasteiger partial charge in [-0.2, -0.15) is 5.10 Å². The van der Waals surface area contributed by atoms with Crippen molar-refractivity contribution in [2.45, 2.75) is 18.9 Å². The number of nitrogens with two attached hydrogens (primary N) is 1. The number of halogens is 1. The van der Waals surface area contributed by atoms with Crippen molar-refractivity contribution in [3.05, 3.63) is 58.5 Å². The second-order valence-electron chi connectivity index (χ2n) is 6.74. The smallest absolute Gasteiger partial charge is 0.268 e. The van der Waals surface area contributed by atoms with Crippen LogP contribution in [0.4, 0.5) is 5.69 Å². The second-order valence-corrected chi connectivity index (χ2v) is 6.74. The van der Waals surface area contributed by atoms with Crippen molar-refractivity contribution in [2.24, 2.45) is 18.7 Å². The van der Waals surface area contributed by atoms with Gasteiger partial charge in [0.25, 0.3) is 5.56 Å². The van der Waals surface area contributed by atoms with Crippen molar-refractivity contribution in [1.29, 1.82) is 0 Å². The summed E-state index contributed by atoms with van der Waals surface area (Å²) >= 11 is 0. The van der Waals surface area contributed by atoms with Crippen LogP contribution in [-0.4, -0.2) is 35.3 Å². The van der Waals surface area contributed by atoms with Crippen LogP contribution < -0.4 is 21.5 Å². The lowest BCUT2D eigenvalue weighted by molar-refractivity contribution is -0.122. The van der Waals surface area contributed by atoms with E-state index in [4.69, 9.17) is 5.73 Å². The summed E-state index contributed by atoms with van der Waals surface area (Å²) in [4.78, 5) is 26.1. The highest BCUT2D eigenvalue weighted by Crippen LogP contribution is 2.21. The number of nitrogens with zero attached hydrogens (tertiary/aromatic N) is 3. The molecule has 1 aromatic carbocycles. The van der Waals surface area contributed by atoms with Crippen molar-refractivity contribution in [3.63, 3.8) is 0 Å². The number of aromatic nitrogens is 2. The Labute approximate surface area is 165 Å². The van der Waals surface area contributed by atoms with E-state index in [-0.39, 0.29) is 23.9 Å². The van der Waals surface area contributed by atoms with Crippen molar-refractivity contribution in [2.75, 3.05) is 24.5 Å². The zero-order valence-corrected chi connectivity index (χ0v) is 16.2. The first-order chi connectivity index (χ1) is 12.5. The molecular weight excluding hydrogens is 366 g/mol. The monoisotopic (exact) mass is 391 g/mol. The molecule has 1 aliphatic heterocycles. The molecule has 27 heavy (non-hydrogen) atoms. The number of amides is 1. The predicted octanol–water partition coefficient (Wildman–Crippen LogP) is 1.23. The molecule has 1 atom stereocenters. The van der Waals surface area contributed by atoms with E-state index < -0.39 is 6.04 Å². The molecule has 2 heterocycles. The van der Waals surface area contributed by atoms with E-state index in [9.17, 15) is 9.59 Å². The molecule has 0 saturated carbocycles. The number of carbonyl (C=O) groups excluding carboxylic acids is 1. The number of anilines is 1. The summed E-state index contributed by atoms with van der Waals surface area (Å²) in [5.41, 5.74) is 7.60. The van der Waals surface area contributed by atoms with E-state index in [2.05, 4.69) is 15.3 Å². The summed E-state index contributed by atoms with van der Waals surface area (Å²) in [6.45, 7) is 2.32. The van der Waals surface area contributed by atoms with E-state index in [0.717, 1.165) is 37.2 Å². The van der Waals surface area contributed by atoms with E-state index >= 15 is 0 Å². The van der Waals surface area contributed by atoms with Gasteiger partial charge in [-0.05, 0) is 24.3 Å². The van der Waals surface area contributed by atoms with E-state index in [1.165, 1.54) is 4.68 Å². The van der Waals surface area contributed by atoms with Crippen LogP contribution in [0.3, 0.4) is 0 Å². The highest BCUT2D eigenvalue weighted by molar-refractivity contribution is 5.85. The largest absolute Gasteiger partial charge is 0.370 e. The topological polar surface area (TPSA) is 93.2 Å². The average molecular weight is 392 g/mol. The lowest BCUT2D eigenvalue weighted by atomic mass is 9.96. The lowest BCUT2D eigenvalue weighted by Crippen LogP contribution is -2.41. The number of carbonyl (C=O) groups is 1. The van der Waals surface area contributed by atoms with E-state index in [0.29, 0.717) is 12.5 Å². The van der Waals surface area contributed by atoms with Gasteiger partial charge >= 0.3 is 0 Å². The summed E-state index contributed by atoms with van der Waals surface area (Å²) in [6.07, 6.45) is 3.63. The zero-order valence-electron chi connectivity index (χ0n) is 15.4. The summed E-state index contributed by atoms with van der Waals surface area (Å²) in [7, 11) is 1.64. The number of benzene rings is 1. The maximum absolute atomic E-state index is 12.2. The molecule has 0 radical (unpaired) electrons. The quantitative estimate of drug-likeness (QED) is 0.799. The van der Waals surface area contributed by atoms with Crippen LogP contribution in [0.1, 0.15) is 24.4 Å². The predicted molar refractivity (Wildman–Crippen MR) is 108 cm³/mol. The lowest BCUT2D eigenvalue weighted by Gasteiger charge is -2.33. The van der Waals surface area contributed by atoms with Gasteiger partial charge in [0, 0.05) is 32.7 Å². The third-order valence-electron chi connectivity index (χ3n) is 4.94. The number of hydrogen-bond donors (Lipinski definition) is 2. The Kier molecular flexibility index (Phi) is 7.38. The number of piperidine rings is 1. The standard InChI is InChI=1S/C19H25N5O2.ClH/c1-23-17(25)11-16(13-22-23)24-9-7-14(8-10-24)12-21-19(26)18(20)15-5-3-2-4-6-15;/h2-6,11,13-14,18H,7-10,12,20H2,1H3,(H,21,26);1H/t18-;/m0./s1. The molecule has 1 fully saturated rings. The number of aryl methyl sites for hydroxylation is 1. The first-order valence-electron chi connectivity index (χ1n) is 8.91. The van der Waals surface area contributed by atoms with E-state index in [1.54, 1.807) is 19.3 Å². The van der Waals surface area contributed by atoms with Gasteiger partial charge < -0.3 is 16.0 Å². The highest BCUT2D eigenvalue weighted by atomic mass is 35.5. The number of rotatable bonds is 5. The minimum atomic E-state index is -0.636. The van der Waals surface area contributed by atoms with Gasteiger partial charge in [0.1, 0.15) is 6.04 Å². The molecule has 2 aromatic rings. The minimum absolute atomic E-state index is 0. The fourth-order valence-corrected chi connectivity index (χ4v) is 3.19. The molecule has 1 aromatic heterocycles. The van der Waals surface area contributed by atoms with Crippen LogP contribution in [0, 0.1) is 5.92 Å². The van der Waals surface area contributed by atoms with Gasteiger partial charge in [0.2, 0.25) is 5.91 Å². The molecule has 3 N–H and O–H groups in total. The highest BCUT2D eigenvalue weighted by Gasteiger charge is 2.22. The zero-order chi connectivity index (χ0) is 18.5. The maximum Gasteiger partial charge on any atom is 0.268 e. The van der Waals surface area contributed by atoms with Crippen LogP contribution >= 0.6 is 12.4 Å².